The highest BCUT2D eigenvalue weighted by Crippen LogP contribution is 2.46. The number of hydrogen-bond donors (Lipinski definition) is 0. The summed E-state index contributed by atoms with van der Waals surface area (Å²) in [5, 5.41) is 16.8. The van der Waals surface area contributed by atoms with Crippen LogP contribution in [0.4, 0.5) is 0 Å². The number of halogens is 4. The second kappa shape index (κ2) is 5.09. The van der Waals surface area contributed by atoms with Crippen LogP contribution in [0.1, 0.15) is 20.7 Å². The maximum absolute atomic E-state index is 12.2. The fraction of sp³-hybridized carbons (Fsp3) is 0. The van der Waals surface area contributed by atoms with E-state index in [2.05, 4.69) is 0 Å². The van der Waals surface area contributed by atoms with Gasteiger partial charge in [0.1, 0.15) is 17.7 Å². The Balaban J connectivity index is 2.96. The maximum Gasteiger partial charge on any atom is 0.201 e. The van der Waals surface area contributed by atoms with Crippen molar-refractivity contribution < 1.29 is 9.59 Å². The Morgan fingerprint density at radius 1 is 0.750 bits per heavy atom. The average molecular weight is 346 g/mol. The molecule has 20 heavy (non-hydrogen) atoms. The minimum Gasteiger partial charge on any atom is -0.288 e. The number of nitriles is 2. The van der Waals surface area contributed by atoms with E-state index in [-0.39, 0.29) is 31.2 Å². The molecule has 0 N–H and O–H groups in total. The first kappa shape index (κ1) is 14.8. The van der Waals surface area contributed by atoms with Crippen LogP contribution in [0.3, 0.4) is 0 Å². The maximum atomic E-state index is 12.2. The van der Waals surface area contributed by atoms with Gasteiger partial charge in [0.2, 0.25) is 11.6 Å². The zero-order chi connectivity index (χ0) is 15.2. The molecule has 1 aliphatic carbocycles. The van der Waals surface area contributed by atoms with Crippen LogP contribution in [0, 0.1) is 22.7 Å². The van der Waals surface area contributed by atoms with Gasteiger partial charge in [-0.3, -0.25) is 9.59 Å². The summed E-state index contributed by atoms with van der Waals surface area (Å²) in [4.78, 5) is 24.4. The van der Waals surface area contributed by atoms with E-state index in [0.29, 0.717) is 0 Å². The minimum atomic E-state index is -0.867. The summed E-state index contributed by atoms with van der Waals surface area (Å²) in [5.41, 5.74) is -1.68. The summed E-state index contributed by atoms with van der Waals surface area (Å²) in [7, 11) is 0. The van der Waals surface area contributed by atoms with Gasteiger partial charge in [0, 0.05) is 0 Å². The Morgan fingerprint density at radius 2 is 1.10 bits per heavy atom. The Morgan fingerprint density at radius 3 is 1.40 bits per heavy atom. The standard InChI is InChI=1S/C12Cl4N2O2/c13-7-5-6(8(14)10(16)9(7)15)12(20)4(11(5)19)3(1-17)2-18. The Bertz CT molecular complexity index is 747. The molecule has 2 rings (SSSR count). The number of allylic oxidation sites excluding steroid dienone is 2. The Kier molecular flexibility index (Phi) is 3.77. The van der Waals surface area contributed by atoms with E-state index in [1.165, 1.54) is 12.1 Å². The number of fused-ring (bicyclic) bond motifs is 1. The Hall–Kier alpha value is -1.56. The first-order chi connectivity index (χ1) is 9.36. The number of benzene rings is 1. The first-order valence-electron chi connectivity index (χ1n) is 4.86. The second-order valence-electron chi connectivity index (χ2n) is 3.64. The van der Waals surface area contributed by atoms with E-state index < -0.39 is 22.7 Å². The third-order valence-electron chi connectivity index (χ3n) is 2.65. The molecule has 0 bridgehead atoms. The highest BCUT2D eigenvalue weighted by Gasteiger charge is 2.41. The van der Waals surface area contributed by atoms with Gasteiger partial charge in [0.15, 0.2) is 0 Å². The van der Waals surface area contributed by atoms with Crippen molar-refractivity contribution in [2.24, 2.45) is 0 Å². The average Bonchev–Trinajstić information content (AvgIpc) is 2.69. The number of carbonyl (C=O) groups is 2. The van der Waals surface area contributed by atoms with Crippen molar-refractivity contribution in [1.82, 2.24) is 0 Å². The van der Waals surface area contributed by atoms with E-state index in [1.807, 2.05) is 0 Å². The largest absolute Gasteiger partial charge is 0.288 e. The summed E-state index contributed by atoms with van der Waals surface area (Å²) in [6, 6.07) is 2.96. The molecular weight excluding hydrogens is 346 g/mol. The van der Waals surface area contributed by atoms with Gasteiger partial charge in [0.25, 0.3) is 0 Å². The van der Waals surface area contributed by atoms with E-state index in [0.717, 1.165) is 0 Å². The lowest BCUT2D eigenvalue weighted by Crippen LogP contribution is -2.04. The molecule has 0 fully saturated rings. The molecule has 0 spiro atoms. The van der Waals surface area contributed by atoms with Crippen molar-refractivity contribution in [3.05, 3.63) is 42.4 Å². The lowest BCUT2D eigenvalue weighted by molar-refractivity contribution is 0.0988. The van der Waals surface area contributed by atoms with Crippen molar-refractivity contribution in [2.75, 3.05) is 0 Å². The molecule has 0 aromatic heterocycles. The molecule has 0 saturated carbocycles. The lowest BCUT2D eigenvalue weighted by atomic mass is 10.1. The highest BCUT2D eigenvalue weighted by atomic mass is 35.5. The van der Waals surface area contributed by atoms with Crippen LogP contribution in [0.25, 0.3) is 0 Å². The van der Waals surface area contributed by atoms with E-state index >= 15 is 0 Å². The van der Waals surface area contributed by atoms with Gasteiger partial charge in [-0.05, 0) is 0 Å². The summed E-state index contributed by atoms with van der Waals surface area (Å²) < 4.78 is 0. The molecule has 0 atom stereocenters. The van der Waals surface area contributed by atoms with Gasteiger partial charge in [-0.1, -0.05) is 46.4 Å². The highest BCUT2D eigenvalue weighted by molar-refractivity contribution is 6.57. The molecule has 0 radical (unpaired) electrons. The van der Waals surface area contributed by atoms with E-state index in [9.17, 15) is 9.59 Å². The third kappa shape index (κ3) is 1.82. The fourth-order valence-electron chi connectivity index (χ4n) is 1.78. The summed E-state index contributed by atoms with van der Waals surface area (Å²) >= 11 is 23.4. The summed E-state index contributed by atoms with van der Waals surface area (Å²) in [6.07, 6.45) is 0. The number of rotatable bonds is 0. The van der Waals surface area contributed by atoms with E-state index in [4.69, 9.17) is 56.9 Å². The smallest absolute Gasteiger partial charge is 0.201 e. The number of ketones is 2. The number of hydrogen-bond acceptors (Lipinski definition) is 4. The molecule has 1 aromatic rings. The van der Waals surface area contributed by atoms with Crippen molar-refractivity contribution in [2.45, 2.75) is 0 Å². The molecule has 0 amide bonds. The molecule has 0 aliphatic heterocycles. The molecule has 0 saturated heterocycles. The summed E-state index contributed by atoms with van der Waals surface area (Å²) in [6.45, 7) is 0. The van der Waals surface area contributed by atoms with Crippen LogP contribution in [0.15, 0.2) is 11.1 Å². The molecule has 0 heterocycles. The van der Waals surface area contributed by atoms with Crippen LogP contribution >= 0.6 is 46.4 Å². The molecule has 1 aliphatic rings. The van der Waals surface area contributed by atoms with E-state index in [1.54, 1.807) is 0 Å². The molecule has 8 heteroatoms. The van der Waals surface area contributed by atoms with Crippen LogP contribution in [0.2, 0.25) is 20.1 Å². The quantitative estimate of drug-likeness (QED) is 0.234. The fourth-order valence-corrected chi connectivity index (χ4v) is 2.80. The first-order valence-corrected chi connectivity index (χ1v) is 6.37. The minimum absolute atomic E-state index is 0.171. The molecule has 0 unspecified atom stereocenters. The van der Waals surface area contributed by atoms with Gasteiger partial charge in [-0.2, -0.15) is 10.5 Å². The third-order valence-corrected chi connectivity index (χ3v) is 4.45. The normalized spacial score (nSPS) is 13.0. The predicted molar refractivity (Wildman–Crippen MR) is 73.4 cm³/mol. The molecule has 98 valence electrons. The molecule has 4 nitrogen and oxygen atoms in total. The van der Waals surface area contributed by atoms with Crippen molar-refractivity contribution in [3.63, 3.8) is 0 Å². The van der Waals surface area contributed by atoms with Crippen LogP contribution < -0.4 is 0 Å². The SMILES string of the molecule is N#CC(C#N)=C1C(=O)c2c(Cl)c(Cl)c(Cl)c(Cl)c2C1=O. The predicted octanol–water partition coefficient (Wildman–Crippen LogP) is 4.02. The topological polar surface area (TPSA) is 81.7 Å². The zero-order valence-electron chi connectivity index (χ0n) is 9.22. The van der Waals surface area contributed by atoms with Gasteiger partial charge < -0.3 is 0 Å². The van der Waals surface area contributed by atoms with Crippen molar-refractivity contribution >= 4 is 58.0 Å². The number of carbonyl (C=O) groups excluding carboxylic acids is 2. The molecule has 1 aromatic carbocycles. The lowest BCUT2D eigenvalue weighted by Gasteiger charge is -2.07. The summed E-state index contributed by atoms with van der Waals surface area (Å²) in [5.74, 6) is -1.73. The monoisotopic (exact) mass is 344 g/mol. The van der Waals surface area contributed by atoms with Gasteiger partial charge in [-0.15, -0.1) is 0 Å². The van der Waals surface area contributed by atoms with Gasteiger partial charge in [-0.25, -0.2) is 0 Å². The van der Waals surface area contributed by atoms with Gasteiger partial charge in [0.05, 0.1) is 36.8 Å². The van der Waals surface area contributed by atoms with Crippen LogP contribution in [0.5, 0.6) is 0 Å². The number of nitrogens with zero attached hydrogens (tertiary/aromatic N) is 2. The van der Waals surface area contributed by atoms with Crippen molar-refractivity contribution in [1.29, 1.82) is 10.5 Å². The Labute approximate surface area is 132 Å². The van der Waals surface area contributed by atoms with Gasteiger partial charge >= 0.3 is 0 Å². The van der Waals surface area contributed by atoms with Crippen molar-refractivity contribution in [3.8, 4) is 12.1 Å². The number of Topliss-reactive ketones (excluding diaryl/α,β-unsaturated/α-hetero) is 2. The van der Waals surface area contributed by atoms with Crippen LogP contribution in [-0.4, -0.2) is 11.6 Å². The van der Waals surface area contributed by atoms with Crippen LogP contribution in [-0.2, 0) is 0 Å². The second-order valence-corrected chi connectivity index (χ2v) is 5.15. The molecular formula is C12Cl4N2O2. The zero-order valence-corrected chi connectivity index (χ0v) is 12.2.